The van der Waals surface area contributed by atoms with Crippen LogP contribution in [-0.4, -0.2) is 21.6 Å². The fourth-order valence-corrected chi connectivity index (χ4v) is 2.40. The normalized spacial score (nSPS) is 10.4. The van der Waals surface area contributed by atoms with Gasteiger partial charge in [-0.1, -0.05) is 29.8 Å². The molecule has 0 radical (unpaired) electrons. The molecule has 0 saturated carbocycles. The Hall–Kier alpha value is -3.81. The molecule has 2 aromatic carbocycles. The SMILES string of the molecule is Cc1ccc(NC(=O)c2ccc(=O)n(CC(=O)Nc3ccccc3F)n2)cc1. The lowest BCUT2D eigenvalue weighted by Gasteiger charge is -2.09. The van der Waals surface area contributed by atoms with E-state index in [1.807, 2.05) is 19.1 Å². The molecule has 2 N–H and O–H groups in total. The Labute approximate surface area is 159 Å². The molecule has 28 heavy (non-hydrogen) atoms. The largest absolute Gasteiger partial charge is 0.322 e. The minimum Gasteiger partial charge on any atom is -0.322 e. The Balaban J connectivity index is 1.73. The summed E-state index contributed by atoms with van der Waals surface area (Å²) in [6, 6.07) is 15.3. The van der Waals surface area contributed by atoms with E-state index in [0.29, 0.717) is 5.69 Å². The highest BCUT2D eigenvalue weighted by Crippen LogP contribution is 2.12. The van der Waals surface area contributed by atoms with E-state index in [9.17, 15) is 18.8 Å². The molecule has 0 saturated heterocycles. The summed E-state index contributed by atoms with van der Waals surface area (Å²) in [7, 11) is 0. The van der Waals surface area contributed by atoms with Crippen LogP contribution in [0.5, 0.6) is 0 Å². The van der Waals surface area contributed by atoms with Gasteiger partial charge in [0, 0.05) is 11.8 Å². The van der Waals surface area contributed by atoms with Gasteiger partial charge < -0.3 is 10.6 Å². The average Bonchev–Trinajstić information content (AvgIpc) is 2.67. The van der Waals surface area contributed by atoms with Gasteiger partial charge >= 0.3 is 0 Å². The maximum absolute atomic E-state index is 13.6. The number of hydrogen-bond donors (Lipinski definition) is 2. The maximum Gasteiger partial charge on any atom is 0.276 e. The third-order valence-corrected chi connectivity index (χ3v) is 3.85. The number of halogens is 1. The molecule has 0 aliphatic rings. The van der Waals surface area contributed by atoms with Crippen molar-refractivity contribution < 1.29 is 14.0 Å². The van der Waals surface area contributed by atoms with Crippen LogP contribution in [0.15, 0.2) is 65.5 Å². The lowest BCUT2D eigenvalue weighted by atomic mass is 10.2. The van der Waals surface area contributed by atoms with Gasteiger partial charge in [-0.2, -0.15) is 5.10 Å². The number of carbonyl (C=O) groups is 2. The molecule has 0 unspecified atom stereocenters. The number of nitrogens with one attached hydrogen (secondary N) is 2. The monoisotopic (exact) mass is 380 g/mol. The zero-order valence-electron chi connectivity index (χ0n) is 15.0. The van der Waals surface area contributed by atoms with Gasteiger partial charge in [-0.3, -0.25) is 14.4 Å². The number of nitrogens with zero attached hydrogens (tertiary/aromatic N) is 2. The molecule has 8 heteroatoms. The van der Waals surface area contributed by atoms with Crippen LogP contribution in [0, 0.1) is 12.7 Å². The van der Waals surface area contributed by atoms with Crippen molar-refractivity contribution in [2.45, 2.75) is 13.5 Å². The molecule has 0 aliphatic carbocycles. The number of carbonyl (C=O) groups excluding carboxylic acids is 2. The summed E-state index contributed by atoms with van der Waals surface area (Å²) >= 11 is 0. The molecule has 0 atom stereocenters. The van der Waals surface area contributed by atoms with Crippen molar-refractivity contribution in [1.29, 1.82) is 0 Å². The van der Waals surface area contributed by atoms with E-state index < -0.39 is 29.7 Å². The average molecular weight is 380 g/mol. The first-order valence-electron chi connectivity index (χ1n) is 8.43. The highest BCUT2D eigenvalue weighted by atomic mass is 19.1. The second kappa shape index (κ2) is 8.26. The lowest BCUT2D eigenvalue weighted by molar-refractivity contribution is -0.117. The number of hydrogen-bond acceptors (Lipinski definition) is 4. The predicted molar refractivity (Wildman–Crippen MR) is 103 cm³/mol. The molecule has 1 aromatic heterocycles. The van der Waals surface area contributed by atoms with Gasteiger partial charge in [-0.15, -0.1) is 0 Å². The van der Waals surface area contributed by atoms with Crippen LogP contribution < -0.4 is 16.2 Å². The van der Waals surface area contributed by atoms with Crippen LogP contribution in [-0.2, 0) is 11.3 Å². The molecule has 0 bridgehead atoms. The van der Waals surface area contributed by atoms with Gasteiger partial charge in [0.05, 0.1) is 5.69 Å². The van der Waals surface area contributed by atoms with E-state index >= 15 is 0 Å². The Bertz CT molecular complexity index is 1080. The first kappa shape index (κ1) is 19.0. The van der Waals surface area contributed by atoms with E-state index in [0.717, 1.165) is 16.3 Å². The number of amides is 2. The molecule has 2 amide bonds. The van der Waals surface area contributed by atoms with Gasteiger partial charge in [0.15, 0.2) is 0 Å². The molecule has 0 aliphatic heterocycles. The number of para-hydroxylation sites is 1. The van der Waals surface area contributed by atoms with Gasteiger partial charge in [-0.25, -0.2) is 9.07 Å². The van der Waals surface area contributed by atoms with Gasteiger partial charge in [-0.05, 0) is 37.3 Å². The lowest BCUT2D eigenvalue weighted by Crippen LogP contribution is -2.31. The van der Waals surface area contributed by atoms with Crippen molar-refractivity contribution in [3.63, 3.8) is 0 Å². The molecule has 3 rings (SSSR count). The topological polar surface area (TPSA) is 93.1 Å². The molecular weight excluding hydrogens is 363 g/mol. The summed E-state index contributed by atoms with van der Waals surface area (Å²) < 4.78 is 14.5. The van der Waals surface area contributed by atoms with Crippen molar-refractivity contribution in [3.8, 4) is 0 Å². The number of anilines is 2. The molecule has 1 heterocycles. The maximum atomic E-state index is 13.6. The Morgan fingerprint density at radius 1 is 1.00 bits per heavy atom. The standard InChI is InChI=1S/C20H17FN4O3/c1-13-6-8-14(9-7-13)22-20(28)17-10-11-19(27)25(24-17)12-18(26)23-16-5-3-2-4-15(16)21/h2-11H,12H2,1H3,(H,22,28)(H,23,26). The van der Waals surface area contributed by atoms with Gasteiger partial charge in [0.25, 0.3) is 11.5 Å². The summed E-state index contributed by atoms with van der Waals surface area (Å²) in [6.45, 7) is 1.47. The minimum atomic E-state index is -0.643. The zero-order chi connectivity index (χ0) is 20.1. The Morgan fingerprint density at radius 3 is 2.43 bits per heavy atom. The first-order valence-corrected chi connectivity index (χ1v) is 8.43. The summed E-state index contributed by atoms with van der Waals surface area (Å²) in [5.41, 5.74) is 1.03. The van der Waals surface area contributed by atoms with Crippen LogP contribution in [0.25, 0.3) is 0 Å². The van der Waals surface area contributed by atoms with Crippen molar-refractivity contribution in [3.05, 3.63) is 88.1 Å². The van der Waals surface area contributed by atoms with Crippen LogP contribution in [0.2, 0.25) is 0 Å². The first-order chi connectivity index (χ1) is 13.4. The fourth-order valence-electron chi connectivity index (χ4n) is 2.40. The fraction of sp³-hybridized carbons (Fsp3) is 0.100. The van der Waals surface area contributed by atoms with Crippen LogP contribution in [0.4, 0.5) is 15.8 Å². The van der Waals surface area contributed by atoms with Crippen molar-refractivity contribution in [2.75, 3.05) is 10.6 Å². The Kier molecular flexibility index (Phi) is 5.59. The van der Waals surface area contributed by atoms with Crippen LogP contribution in [0.3, 0.4) is 0 Å². The molecule has 0 spiro atoms. The van der Waals surface area contributed by atoms with E-state index in [1.54, 1.807) is 18.2 Å². The van der Waals surface area contributed by atoms with Crippen LogP contribution in [0.1, 0.15) is 16.1 Å². The number of aromatic nitrogens is 2. The minimum absolute atomic E-state index is 0.00572. The molecule has 142 valence electrons. The third kappa shape index (κ3) is 4.67. The molecule has 0 fully saturated rings. The van der Waals surface area contributed by atoms with E-state index in [-0.39, 0.29) is 11.4 Å². The van der Waals surface area contributed by atoms with E-state index in [2.05, 4.69) is 15.7 Å². The highest BCUT2D eigenvalue weighted by Gasteiger charge is 2.13. The van der Waals surface area contributed by atoms with Crippen molar-refractivity contribution in [2.24, 2.45) is 0 Å². The zero-order valence-corrected chi connectivity index (χ0v) is 15.0. The van der Waals surface area contributed by atoms with Gasteiger partial charge in [0.1, 0.15) is 18.1 Å². The second-order valence-electron chi connectivity index (χ2n) is 6.06. The number of rotatable bonds is 5. The molecular formula is C20H17FN4O3. The van der Waals surface area contributed by atoms with Crippen molar-refractivity contribution >= 4 is 23.2 Å². The molecule has 3 aromatic rings. The number of aryl methyl sites for hydroxylation is 1. The van der Waals surface area contributed by atoms with Crippen molar-refractivity contribution in [1.82, 2.24) is 9.78 Å². The summed E-state index contributed by atoms with van der Waals surface area (Å²) in [5.74, 6) is -1.76. The third-order valence-electron chi connectivity index (χ3n) is 3.85. The summed E-state index contributed by atoms with van der Waals surface area (Å²) in [5, 5.41) is 8.96. The summed E-state index contributed by atoms with van der Waals surface area (Å²) in [6.07, 6.45) is 0. The van der Waals surface area contributed by atoms with E-state index in [1.165, 1.54) is 24.3 Å². The number of benzene rings is 2. The molecule has 7 nitrogen and oxygen atoms in total. The predicted octanol–water partition coefficient (Wildman–Crippen LogP) is 2.58. The van der Waals surface area contributed by atoms with Crippen LogP contribution >= 0.6 is 0 Å². The summed E-state index contributed by atoms with van der Waals surface area (Å²) in [4.78, 5) is 36.4. The van der Waals surface area contributed by atoms with Gasteiger partial charge in [0.2, 0.25) is 5.91 Å². The second-order valence-corrected chi connectivity index (χ2v) is 6.06. The smallest absolute Gasteiger partial charge is 0.276 e. The quantitative estimate of drug-likeness (QED) is 0.712. The van der Waals surface area contributed by atoms with E-state index in [4.69, 9.17) is 0 Å². The highest BCUT2D eigenvalue weighted by molar-refractivity contribution is 6.02. The Morgan fingerprint density at radius 2 is 1.71 bits per heavy atom.